The number of benzene rings is 1. The smallest absolute Gasteiger partial charge is 0.253 e. The zero-order valence-electron chi connectivity index (χ0n) is 22.6. The summed E-state index contributed by atoms with van der Waals surface area (Å²) in [5.74, 6) is -3.70. The second-order valence-electron chi connectivity index (χ2n) is 11.2. The highest BCUT2D eigenvalue weighted by Gasteiger charge is 2.41. The summed E-state index contributed by atoms with van der Waals surface area (Å²) in [4.78, 5) is 35.1. The number of ether oxygens (including phenoxy) is 1. The average molecular weight is 540 g/mol. The van der Waals surface area contributed by atoms with Crippen LogP contribution in [0, 0.1) is 11.5 Å². The number of pyridine rings is 1. The van der Waals surface area contributed by atoms with Crippen LogP contribution in [0.2, 0.25) is 0 Å². The Hall–Kier alpha value is -3.58. The van der Waals surface area contributed by atoms with Crippen molar-refractivity contribution in [3.8, 4) is 6.19 Å². The highest BCUT2D eigenvalue weighted by Crippen LogP contribution is 2.35. The average Bonchev–Trinajstić information content (AvgIpc) is 2.92. The third kappa shape index (κ3) is 6.71. The predicted molar refractivity (Wildman–Crippen MR) is 142 cm³/mol. The summed E-state index contributed by atoms with van der Waals surface area (Å²) >= 11 is 0. The fourth-order valence-electron chi connectivity index (χ4n) is 5.03. The normalized spacial score (nSPS) is 20.5. The monoisotopic (exact) mass is 539 g/mol. The molecule has 0 spiro atoms. The molecule has 0 radical (unpaired) electrons. The van der Waals surface area contributed by atoms with Crippen molar-refractivity contribution in [3.05, 3.63) is 59.9 Å². The Bertz CT molecular complexity index is 1180. The maximum Gasteiger partial charge on any atom is 0.253 e. The second-order valence-corrected chi connectivity index (χ2v) is 11.2. The Morgan fingerprint density at radius 3 is 2.49 bits per heavy atom. The molecule has 2 aliphatic rings. The van der Waals surface area contributed by atoms with Gasteiger partial charge in [-0.25, -0.2) is 8.78 Å². The van der Waals surface area contributed by atoms with E-state index in [9.17, 15) is 23.6 Å². The molecule has 2 aromatic rings. The van der Waals surface area contributed by atoms with Crippen molar-refractivity contribution >= 4 is 17.5 Å². The van der Waals surface area contributed by atoms with E-state index >= 15 is 0 Å². The number of halogens is 2. The highest BCUT2D eigenvalue weighted by molar-refractivity contribution is 6.04. The van der Waals surface area contributed by atoms with Crippen LogP contribution in [0.5, 0.6) is 0 Å². The van der Waals surface area contributed by atoms with Crippen molar-refractivity contribution in [1.29, 1.82) is 5.26 Å². The summed E-state index contributed by atoms with van der Waals surface area (Å²) in [5.41, 5.74) is 1.84. The lowest BCUT2D eigenvalue weighted by Crippen LogP contribution is -2.56. The van der Waals surface area contributed by atoms with Gasteiger partial charge in [0.05, 0.1) is 19.8 Å². The van der Waals surface area contributed by atoms with Crippen LogP contribution in [0.4, 0.5) is 14.5 Å². The minimum atomic E-state index is -2.73. The van der Waals surface area contributed by atoms with Crippen LogP contribution in [0.1, 0.15) is 63.6 Å². The Morgan fingerprint density at radius 2 is 1.90 bits per heavy atom. The third-order valence-electron chi connectivity index (χ3n) is 7.36. The van der Waals surface area contributed by atoms with Gasteiger partial charge in [-0.05, 0) is 42.0 Å². The highest BCUT2D eigenvalue weighted by atomic mass is 19.3. The molecule has 8 nitrogen and oxygen atoms in total. The van der Waals surface area contributed by atoms with Crippen LogP contribution in [0.25, 0.3) is 0 Å². The van der Waals surface area contributed by atoms with Crippen molar-refractivity contribution in [1.82, 2.24) is 15.2 Å². The van der Waals surface area contributed by atoms with Crippen molar-refractivity contribution in [3.63, 3.8) is 0 Å². The quantitative estimate of drug-likeness (QED) is 0.549. The number of morpholine rings is 1. The van der Waals surface area contributed by atoms with Crippen LogP contribution in [-0.4, -0.2) is 59.5 Å². The summed E-state index contributed by atoms with van der Waals surface area (Å²) in [7, 11) is 0. The van der Waals surface area contributed by atoms with Gasteiger partial charge in [-0.3, -0.25) is 24.4 Å². The summed E-state index contributed by atoms with van der Waals surface area (Å²) < 4.78 is 33.1. The number of nitriles is 1. The number of aromatic nitrogens is 1. The Labute approximate surface area is 227 Å². The molecule has 1 aliphatic carbocycles. The molecule has 1 aromatic heterocycles. The van der Waals surface area contributed by atoms with Gasteiger partial charge in [0.25, 0.3) is 5.91 Å². The number of carbonyl (C=O) groups excluding carboxylic acids is 2. The van der Waals surface area contributed by atoms with Gasteiger partial charge in [-0.15, -0.1) is 0 Å². The number of hydrogen-bond donors (Lipinski definition) is 1. The molecule has 1 aliphatic heterocycles. The molecule has 0 bridgehead atoms. The van der Waals surface area contributed by atoms with E-state index in [1.54, 1.807) is 30.5 Å². The largest absolute Gasteiger partial charge is 0.377 e. The summed E-state index contributed by atoms with van der Waals surface area (Å²) in [5, 5.41) is 12.6. The van der Waals surface area contributed by atoms with Gasteiger partial charge >= 0.3 is 0 Å². The molecule has 2 unspecified atom stereocenters. The minimum absolute atomic E-state index is 0.00204. The third-order valence-corrected chi connectivity index (χ3v) is 7.36. The SMILES string of the molecule is CC(C)(C)c1ccc(N(C(=O)C2COCCN2C#N)C(C(=O)NC2CCC(F)(F)CC2)c2cccnc2)cc1. The molecule has 2 amide bonds. The maximum absolute atomic E-state index is 14.2. The molecule has 4 rings (SSSR count). The Balaban J connectivity index is 1.75. The lowest BCUT2D eigenvalue weighted by Gasteiger charge is -2.38. The van der Waals surface area contributed by atoms with Crippen molar-refractivity contribution < 1.29 is 23.1 Å². The molecule has 208 valence electrons. The summed E-state index contributed by atoms with van der Waals surface area (Å²) in [6, 6.07) is 8.27. The number of nitrogens with one attached hydrogen (secondary N) is 1. The van der Waals surface area contributed by atoms with Gasteiger partial charge in [0.1, 0.15) is 12.1 Å². The van der Waals surface area contributed by atoms with Crippen molar-refractivity contribution in [2.45, 2.75) is 75.9 Å². The van der Waals surface area contributed by atoms with Gasteiger partial charge < -0.3 is 10.1 Å². The van der Waals surface area contributed by atoms with Gasteiger partial charge in [-0.1, -0.05) is 39.0 Å². The molecule has 1 N–H and O–H groups in total. The van der Waals surface area contributed by atoms with Crippen LogP contribution in [0.3, 0.4) is 0 Å². The van der Waals surface area contributed by atoms with E-state index in [4.69, 9.17) is 4.74 Å². The van der Waals surface area contributed by atoms with E-state index in [1.807, 2.05) is 12.1 Å². The first-order valence-corrected chi connectivity index (χ1v) is 13.3. The van der Waals surface area contributed by atoms with Gasteiger partial charge in [0.2, 0.25) is 11.8 Å². The molecule has 1 saturated heterocycles. The van der Waals surface area contributed by atoms with Crippen molar-refractivity contribution in [2.75, 3.05) is 24.7 Å². The van der Waals surface area contributed by atoms with E-state index in [0.29, 0.717) is 17.9 Å². The summed E-state index contributed by atoms with van der Waals surface area (Å²) in [6.07, 6.45) is 4.84. The zero-order valence-corrected chi connectivity index (χ0v) is 22.6. The number of nitrogens with zero attached hydrogens (tertiary/aromatic N) is 4. The van der Waals surface area contributed by atoms with E-state index in [1.165, 1.54) is 16.0 Å². The molecule has 1 aromatic carbocycles. The van der Waals surface area contributed by atoms with Crippen LogP contribution >= 0.6 is 0 Å². The van der Waals surface area contributed by atoms with Gasteiger partial charge in [0.15, 0.2) is 6.19 Å². The number of anilines is 1. The number of hydrogen-bond acceptors (Lipinski definition) is 6. The molecule has 2 fully saturated rings. The Morgan fingerprint density at radius 1 is 1.21 bits per heavy atom. The van der Waals surface area contributed by atoms with Gasteiger partial charge in [0, 0.05) is 42.5 Å². The van der Waals surface area contributed by atoms with E-state index < -0.39 is 35.9 Å². The topological polar surface area (TPSA) is 98.6 Å². The first-order valence-electron chi connectivity index (χ1n) is 13.3. The van der Waals surface area contributed by atoms with E-state index in [-0.39, 0.29) is 44.2 Å². The molecule has 2 atom stereocenters. The lowest BCUT2D eigenvalue weighted by molar-refractivity contribution is -0.132. The van der Waals surface area contributed by atoms with Crippen LogP contribution in [-0.2, 0) is 19.7 Å². The number of amides is 2. The van der Waals surface area contributed by atoms with E-state index in [2.05, 4.69) is 37.3 Å². The molecular formula is C29H35F2N5O3. The van der Waals surface area contributed by atoms with Crippen LogP contribution in [0.15, 0.2) is 48.8 Å². The molecule has 10 heteroatoms. The predicted octanol–water partition coefficient (Wildman–Crippen LogP) is 4.33. The van der Waals surface area contributed by atoms with Crippen LogP contribution < -0.4 is 10.2 Å². The number of rotatable bonds is 6. The van der Waals surface area contributed by atoms with Crippen molar-refractivity contribution in [2.24, 2.45) is 0 Å². The molecular weight excluding hydrogens is 504 g/mol. The zero-order chi connectivity index (χ0) is 28.2. The minimum Gasteiger partial charge on any atom is -0.377 e. The fraction of sp³-hybridized carbons (Fsp3) is 0.517. The Kier molecular flexibility index (Phi) is 8.50. The second kappa shape index (κ2) is 11.7. The molecule has 39 heavy (non-hydrogen) atoms. The first kappa shape index (κ1) is 28.4. The first-order chi connectivity index (χ1) is 18.5. The molecule has 2 heterocycles. The lowest BCUT2D eigenvalue weighted by atomic mass is 9.87. The fourth-order valence-corrected chi connectivity index (χ4v) is 5.03. The number of alkyl halides is 2. The summed E-state index contributed by atoms with van der Waals surface area (Å²) in [6.45, 7) is 6.81. The van der Waals surface area contributed by atoms with E-state index in [0.717, 1.165) is 5.56 Å². The molecule has 1 saturated carbocycles. The maximum atomic E-state index is 14.2. The van der Waals surface area contributed by atoms with Gasteiger partial charge in [-0.2, -0.15) is 5.26 Å². The number of carbonyl (C=O) groups is 2. The standard InChI is InChI=1S/C29H35F2N5O3/c1-28(2,3)21-6-8-23(9-7-21)36(27(38)24-18-39-16-15-35(24)19-32)25(20-5-4-14-33-17-20)26(37)34-22-10-12-29(30,31)13-11-22/h4-9,14,17,22,24-25H,10-13,15-16,18H2,1-3H3,(H,34,37).